The maximum absolute atomic E-state index is 9.46. The minimum Gasteiger partial charge on any atom is -0.492 e. The molecule has 0 amide bonds. The first-order valence-corrected chi connectivity index (χ1v) is 9.70. The van der Waals surface area contributed by atoms with Gasteiger partial charge in [-0.2, -0.15) is 10.4 Å². The first-order valence-electron chi connectivity index (χ1n) is 9.70. The van der Waals surface area contributed by atoms with E-state index >= 15 is 0 Å². The van der Waals surface area contributed by atoms with E-state index in [-0.39, 0.29) is 0 Å². The Bertz CT molecular complexity index is 1080. The lowest BCUT2D eigenvalue weighted by atomic mass is 10.0. The van der Waals surface area contributed by atoms with Gasteiger partial charge in [-0.3, -0.25) is 0 Å². The third-order valence-corrected chi connectivity index (χ3v) is 5.12. The van der Waals surface area contributed by atoms with E-state index in [1.54, 1.807) is 16.9 Å². The molecule has 7 heteroatoms. The van der Waals surface area contributed by atoms with Crippen molar-refractivity contribution in [2.45, 2.75) is 25.8 Å². The number of anilines is 1. The van der Waals surface area contributed by atoms with Crippen molar-refractivity contribution in [1.29, 1.82) is 5.26 Å². The van der Waals surface area contributed by atoms with E-state index in [4.69, 9.17) is 11.2 Å². The van der Waals surface area contributed by atoms with Crippen LogP contribution >= 0.6 is 0 Å². The molecule has 0 aromatic carbocycles. The molecule has 0 aliphatic carbocycles. The van der Waals surface area contributed by atoms with Crippen molar-refractivity contribution in [3.63, 3.8) is 0 Å². The van der Waals surface area contributed by atoms with Crippen molar-refractivity contribution >= 4 is 11.3 Å². The molecular formula is C22H22N6O. The Morgan fingerprint density at radius 1 is 1.31 bits per heavy atom. The molecule has 7 nitrogen and oxygen atoms in total. The number of fused-ring (bicyclic) bond motifs is 1. The number of rotatable bonds is 5. The molecule has 1 aliphatic heterocycles. The van der Waals surface area contributed by atoms with Gasteiger partial charge in [0.2, 0.25) is 0 Å². The molecule has 3 aromatic heterocycles. The highest BCUT2D eigenvalue weighted by molar-refractivity contribution is 5.85. The van der Waals surface area contributed by atoms with Crippen LogP contribution in [-0.4, -0.2) is 45.2 Å². The van der Waals surface area contributed by atoms with E-state index in [1.165, 1.54) is 0 Å². The number of hydrogen-bond acceptors (Lipinski definition) is 6. The highest BCUT2D eigenvalue weighted by Crippen LogP contribution is 2.31. The Balaban J connectivity index is 1.60. The summed E-state index contributed by atoms with van der Waals surface area (Å²) < 4.78 is 7.35. The second-order valence-electron chi connectivity index (χ2n) is 6.95. The highest BCUT2D eigenvalue weighted by Gasteiger charge is 2.18. The topological polar surface area (TPSA) is 78.5 Å². The fourth-order valence-corrected chi connectivity index (χ4v) is 3.65. The van der Waals surface area contributed by atoms with Crippen LogP contribution in [0, 0.1) is 23.8 Å². The molecule has 3 aromatic rings. The summed E-state index contributed by atoms with van der Waals surface area (Å²) in [7, 11) is 0. The average Bonchev–Trinajstić information content (AvgIpc) is 3.18. The maximum Gasteiger partial charge on any atom is 0.138 e. The molecule has 1 saturated heterocycles. The number of nitriles is 1. The Morgan fingerprint density at radius 2 is 2.14 bits per heavy atom. The van der Waals surface area contributed by atoms with Gasteiger partial charge < -0.3 is 15.0 Å². The van der Waals surface area contributed by atoms with Gasteiger partial charge in [-0.1, -0.05) is 6.42 Å². The van der Waals surface area contributed by atoms with Crippen LogP contribution in [0.3, 0.4) is 0 Å². The van der Waals surface area contributed by atoms with Gasteiger partial charge in [-0.15, -0.1) is 0 Å². The van der Waals surface area contributed by atoms with E-state index in [1.807, 2.05) is 36.2 Å². The van der Waals surface area contributed by atoms with Crippen LogP contribution in [0.25, 0.3) is 16.6 Å². The molecule has 0 bridgehead atoms. The summed E-state index contributed by atoms with van der Waals surface area (Å²) in [5, 5.41) is 17.2. The Kier molecular flexibility index (Phi) is 5.22. The zero-order valence-corrected chi connectivity index (χ0v) is 16.3. The Morgan fingerprint density at radius 3 is 2.79 bits per heavy atom. The predicted octanol–water partition coefficient (Wildman–Crippen LogP) is 3.13. The van der Waals surface area contributed by atoms with Crippen LogP contribution < -0.4 is 10.1 Å². The molecule has 4 rings (SSSR count). The predicted molar refractivity (Wildman–Crippen MR) is 111 cm³/mol. The summed E-state index contributed by atoms with van der Waals surface area (Å²) in [4.78, 5) is 6.60. The summed E-state index contributed by atoms with van der Waals surface area (Å²) in [6.45, 7) is 4.28. The fourth-order valence-electron chi connectivity index (χ4n) is 3.65. The third kappa shape index (κ3) is 3.81. The summed E-state index contributed by atoms with van der Waals surface area (Å²) in [6, 6.07) is 11.2. The third-order valence-electron chi connectivity index (χ3n) is 5.12. The number of ether oxygens (including phenoxy) is 1. The lowest BCUT2D eigenvalue weighted by Gasteiger charge is -2.30. The molecule has 1 aliphatic rings. The van der Waals surface area contributed by atoms with Gasteiger partial charge >= 0.3 is 0 Å². The van der Waals surface area contributed by atoms with Crippen molar-refractivity contribution in [2.24, 2.45) is 0 Å². The molecule has 146 valence electrons. The van der Waals surface area contributed by atoms with Gasteiger partial charge in [-0.25, -0.2) is 9.50 Å². The Hall–Kier alpha value is -3.71. The van der Waals surface area contributed by atoms with Crippen molar-refractivity contribution in [2.75, 3.05) is 25.0 Å². The standard InChI is InChI=1S/C22H22N6O/c1-3-27-9-7-18(8-10-27)26-21-6-5-16(13-24-21)20-11-19(29-4-2)15-28-22(20)17(12-23)14-25-28/h1,5-6,11,13-15,18H,4,7-10H2,2H3,(H,24,26). The van der Waals surface area contributed by atoms with Gasteiger partial charge in [0.25, 0.3) is 0 Å². The van der Waals surface area contributed by atoms with E-state index in [0.29, 0.717) is 24.0 Å². The van der Waals surface area contributed by atoms with Crippen molar-refractivity contribution < 1.29 is 4.74 Å². The number of pyridine rings is 2. The summed E-state index contributed by atoms with van der Waals surface area (Å²) in [5.41, 5.74) is 3.04. The number of terminal acetylenes is 1. The number of likely N-dealkylation sites (tertiary alicyclic amines) is 1. The van der Waals surface area contributed by atoms with E-state index < -0.39 is 0 Å². The molecule has 0 atom stereocenters. The van der Waals surface area contributed by atoms with Crippen LogP contribution in [0.5, 0.6) is 5.75 Å². The lowest BCUT2D eigenvalue weighted by molar-refractivity contribution is 0.309. The maximum atomic E-state index is 9.46. The number of hydrogen-bond donors (Lipinski definition) is 1. The van der Waals surface area contributed by atoms with Crippen LogP contribution in [0.1, 0.15) is 25.3 Å². The zero-order chi connectivity index (χ0) is 20.2. The quantitative estimate of drug-likeness (QED) is 0.679. The van der Waals surface area contributed by atoms with Gasteiger partial charge in [-0.05, 0) is 38.0 Å². The minimum absolute atomic E-state index is 0.367. The second-order valence-corrected chi connectivity index (χ2v) is 6.95. The van der Waals surface area contributed by atoms with Gasteiger partial charge in [0.05, 0.1) is 30.1 Å². The van der Waals surface area contributed by atoms with E-state index in [2.05, 4.69) is 27.5 Å². The zero-order valence-electron chi connectivity index (χ0n) is 16.3. The number of nitrogens with one attached hydrogen (secondary N) is 1. The highest BCUT2D eigenvalue weighted by atomic mass is 16.5. The summed E-state index contributed by atoms with van der Waals surface area (Å²) in [6.07, 6.45) is 12.6. The van der Waals surface area contributed by atoms with Crippen LogP contribution in [-0.2, 0) is 0 Å². The molecular weight excluding hydrogens is 364 g/mol. The molecule has 0 saturated carbocycles. The molecule has 0 unspecified atom stereocenters. The van der Waals surface area contributed by atoms with Gasteiger partial charge in [0.15, 0.2) is 0 Å². The van der Waals surface area contributed by atoms with Crippen molar-refractivity contribution in [3.05, 3.63) is 42.4 Å². The summed E-state index contributed by atoms with van der Waals surface area (Å²) in [5.74, 6) is 1.53. The van der Waals surface area contributed by atoms with Gasteiger partial charge in [0.1, 0.15) is 17.6 Å². The normalized spacial score (nSPS) is 14.4. The SMILES string of the molecule is C#CN1CCC(Nc2ccc(-c3cc(OCC)cn4ncc(C#N)c34)cn2)CC1. The van der Waals surface area contributed by atoms with Crippen LogP contribution in [0.2, 0.25) is 0 Å². The second kappa shape index (κ2) is 8.12. The number of nitrogens with zero attached hydrogens (tertiary/aromatic N) is 5. The van der Waals surface area contributed by atoms with Crippen molar-refractivity contribution in [1.82, 2.24) is 19.5 Å². The number of aromatic nitrogens is 3. The minimum atomic E-state index is 0.367. The smallest absolute Gasteiger partial charge is 0.138 e. The summed E-state index contributed by atoms with van der Waals surface area (Å²) >= 11 is 0. The fraction of sp³-hybridized carbons (Fsp3) is 0.318. The van der Waals surface area contributed by atoms with E-state index in [0.717, 1.165) is 48.4 Å². The first-order chi connectivity index (χ1) is 14.2. The van der Waals surface area contributed by atoms with Gasteiger partial charge in [0, 0.05) is 42.5 Å². The van der Waals surface area contributed by atoms with Crippen LogP contribution in [0.15, 0.2) is 36.8 Å². The van der Waals surface area contributed by atoms with E-state index in [9.17, 15) is 5.26 Å². The molecule has 0 radical (unpaired) electrons. The van der Waals surface area contributed by atoms with Crippen LogP contribution in [0.4, 0.5) is 5.82 Å². The largest absolute Gasteiger partial charge is 0.492 e. The molecule has 1 N–H and O–H groups in total. The Labute approximate surface area is 169 Å². The number of piperidine rings is 1. The van der Waals surface area contributed by atoms with Crippen molar-refractivity contribution in [3.8, 4) is 35.4 Å². The lowest BCUT2D eigenvalue weighted by Crippen LogP contribution is -2.36. The molecule has 4 heterocycles. The molecule has 0 spiro atoms. The molecule has 1 fully saturated rings. The molecule has 29 heavy (non-hydrogen) atoms. The average molecular weight is 386 g/mol. The monoisotopic (exact) mass is 386 g/mol. The first kappa shape index (κ1) is 18.6.